The number of aliphatic hydroxyl groups is 1. The van der Waals surface area contributed by atoms with Crippen LogP contribution >= 0.6 is 0 Å². The van der Waals surface area contributed by atoms with Crippen molar-refractivity contribution in [3.05, 3.63) is 35.9 Å². The molecule has 1 saturated heterocycles. The number of hydrogen-bond acceptors (Lipinski definition) is 2. The highest BCUT2D eigenvalue weighted by Gasteiger charge is 2.24. The molecule has 1 N–H and O–H groups in total. The third-order valence-electron chi connectivity index (χ3n) is 3.75. The third-order valence-corrected chi connectivity index (χ3v) is 3.75. The first-order chi connectivity index (χ1) is 8.29. The van der Waals surface area contributed by atoms with Crippen molar-refractivity contribution in [2.45, 2.75) is 38.8 Å². The fourth-order valence-corrected chi connectivity index (χ4v) is 2.72. The van der Waals surface area contributed by atoms with Gasteiger partial charge in [-0.3, -0.25) is 4.90 Å². The van der Waals surface area contributed by atoms with Crippen molar-refractivity contribution in [3.63, 3.8) is 0 Å². The lowest BCUT2D eigenvalue weighted by molar-refractivity contribution is 0.0461. The van der Waals surface area contributed by atoms with Crippen LogP contribution in [0.15, 0.2) is 30.3 Å². The fourth-order valence-electron chi connectivity index (χ4n) is 2.72. The van der Waals surface area contributed by atoms with Crippen molar-refractivity contribution in [1.82, 2.24) is 4.90 Å². The molecule has 1 fully saturated rings. The number of benzene rings is 1. The Morgan fingerprint density at radius 2 is 2.12 bits per heavy atom. The van der Waals surface area contributed by atoms with Gasteiger partial charge in [0, 0.05) is 13.1 Å². The van der Waals surface area contributed by atoms with E-state index in [4.69, 9.17) is 0 Å². The Hall–Kier alpha value is -0.860. The molecule has 0 bridgehead atoms. The second-order valence-electron chi connectivity index (χ2n) is 5.10. The highest BCUT2D eigenvalue weighted by Crippen LogP contribution is 2.22. The van der Waals surface area contributed by atoms with Crippen LogP contribution in [0.25, 0.3) is 0 Å². The monoisotopic (exact) mass is 233 g/mol. The second-order valence-corrected chi connectivity index (χ2v) is 5.10. The van der Waals surface area contributed by atoms with Gasteiger partial charge in [0.05, 0.1) is 6.10 Å². The van der Waals surface area contributed by atoms with Crippen LogP contribution in [0.1, 0.15) is 31.7 Å². The number of aliphatic hydroxyl groups excluding tert-OH is 1. The molecule has 2 heteroatoms. The van der Waals surface area contributed by atoms with Crippen LogP contribution in [0.3, 0.4) is 0 Å². The van der Waals surface area contributed by atoms with E-state index in [2.05, 4.69) is 42.2 Å². The Morgan fingerprint density at radius 3 is 2.82 bits per heavy atom. The van der Waals surface area contributed by atoms with Crippen LogP contribution in [0, 0.1) is 5.92 Å². The highest BCUT2D eigenvalue weighted by atomic mass is 16.3. The summed E-state index contributed by atoms with van der Waals surface area (Å²) in [6.45, 7) is 5.31. The molecule has 94 valence electrons. The van der Waals surface area contributed by atoms with Gasteiger partial charge in [-0.25, -0.2) is 0 Å². The van der Waals surface area contributed by atoms with Crippen LogP contribution < -0.4 is 0 Å². The quantitative estimate of drug-likeness (QED) is 0.864. The van der Waals surface area contributed by atoms with Gasteiger partial charge < -0.3 is 5.11 Å². The van der Waals surface area contributed by atoms with E-state index in [1.54, 1.807) is 0 Å². The molecule has 1 heterocycles. The zero-order chi connectivity index (χ0) is 12.1. The van der Waals surface area contributed by atoms with Crippen LogP contribution in [0.4, 0.5) is 0 Å². The molecule has 2 nitrogen and oxygen atoms in total. The van der Waals surface area contributed by atoms with Gasteiger partial charge >= 0.3 is 0 Å². The van der Waals surface area contributed by atoms with Crippen molar-refractivity contribution in [2.75, 3.05) is 13.1 Å². The minimum Gasteiger partial charge on any atom is -0.393 e. The molecule has 2 rings (SSSR count). The van der Waals surface area contributed by atoms with E-state index in [-0.39, 0.29) is 6.10 Å². The Morgan fingerprint density at radius 1 is 1.35 bits per heavy atom. The molecule has 0 radical (unpaired) electrons. The van der Waals surface area contributed by atoms with Crippen molar-refractivity contribution >= 4 is 0 Å². The molecule has 0 aromatic heterocycles. The van der Waals surface area contributed by atoms with E-state index in [1.165, 1.54) is 24.9 Å². The molecule has 0 saturated carbocycles. The minimum absolute atomic E-state index is 0.117. The molecule has 17 heavy (non-hydrogen) atoms. The molecule has 1 aromatic rings. The first-order valence-electron chi connectivity index (χ1n) is 6.74. The first kappa shape index (κ1) is 12.6. The Kier molecular flexibility index (Phi) is 4.57. The summed E-state index contributed by atoms with van der Waals surface area (Å²) < 4.78 is 0. The summed E-state index contributed by atoms with van der Waals surface area (Å²) in [6.07, 6.45) is 3.16. The Bertz CT molecular complexity index is 325. The van der Waals surface area contributed by atoms with E-state index in [9.17, 15) is 5.11 Å². The van der Waals surface area contributed by atoms with Crippen molar-refractivity contribution in [2.24, 2.45) is 5.92 Å². The van der Waals surface area contributed by atoms with Gasteiger partial charge in [0.25, 0.3) is 0 Å². The summed E-state index contributed by atoms with van der Waals surface area (Å²) in [6, 6.07) is 10.6. The number of hydrogen-bond donors (Lipinski definition) is 1. The number of piperidine rings is 1. The maximum atomic E-state index is 9.94. The van der Waals surface area contributed by atoms with E-state index in [0.717, 1.165) is 19.5 Å². The SMILES string of the molecule is CCC(O)C1CCCN(Cc2ccccc2)C1. The highest BCUT2D eigenvalue weighted by molar-refractivity contribution is 5.14. The molecule has 2 atom stereocenters. The topological polar surface area (TPSA) is 23.5 Å². The second kappa shape index (κ2) is 6.18. The van der Waals surface area contributed by atoms with Crippen molar-refractivity contribution in [3.8, 4) is 0 Å². The molecule has 0 amide bonds. The first-order valence-corrected chi connectivity index (χ1v) is 6.74. The Balaban J connectivity index is 1.89. The molecule has 1 aliphatic heterocycles. The average Bonchev–Trinajstić information content (AvgIpc) is 2.39. The van der Waals surface area contributed by atoms with Crippen LogP contribution in [-0.4, -0.2) is 29.2 Å². The summed E-state index contributed by atoms with van der Waals surface area (Å²) in [5, 5.41) is 9.94. The third kappa shape index (κ3) is 3.55. The predicted molar refractivity (Wildman–Crippen MR) is 70.7 cm³/mol. The lowest BCUT2D eigenvalue weighted by Crippen LogP contribution is -2.39. The van der Waals surface area contributed by atoms with Gasteiger partial charge in [-0.1, -0.05) is 37.3 Å². The van der Waals surface area contributed by atoms with E-state index < -0.39 is 0 Å². The standard InChI is InChI=1S/C15H23NO/c1-2-15(17)14-9-6-10-16(12-14)11-13-7-4-3-5-8-13/h3-5,7-8,14-15,17H,2,6,9-12H2,1H3. The summed E-state index contributed by atoms with van der Waals surface area (Å²) in [4.78, 5) is 2.47. The van der Waals surface area contributed by atoms with Crippen LogP contribution in [0.5, 0.6) is 0 Å². The summed E-state index contributed by atoms with van der Waals surface area (Å²) in [5.74, 6) is 0.470. The number of rotatable bonds is 4. The lowest BCUT2D eigenvalue weighted by atomic mass is 9.91. The number of likely N-dealkylation sites (tertiary alicyclic amines) is 1. The van der Waals surface area contributed by atoms with Crippen LogP contribution in [0.2, 0.25) is 0 Å². The normalized spacial score (nSPS) is 23.5. The fraction of sp³-hybridized carbons (Fsp3) is 0.600. The molecular formula is C15H23NO. The molecule has 1 aromatic carbocycles. The van der Waals surface area contributed by atoms with Gasteiger partial charge in [0.2, 0.25) is 0 Å². The maximum absolute atomic E-state index is 9.94. The minimum atomic E-state index is -0.117. The van der Waals surface area contributed by atoms with Crippen molar-refractivity contribution < 1.29 is 5.11 Å². The van der Waals surface area contributed by atoms with E-state index in [1.807, 2.05) is 0 Å². The lowest BCUT2D eigenvalue weighted by Gasteiger charge is -2.34. The number of nitrogens with zero attached hydrogens (tertiary/aromatic N) is 1. The Labute approximate surface area is 104 Å². The average molecular weight is 233 g/mol. The zero-order valence-electron chi connectivity index (χ0n) is 10.7. The maximum Gasteiger partial charge on any atom is 0.0578 e. The molecule has 1 aliphatic rings. The summed E-state index contributed by atoms with van der Waals surface area (Å²) in [5.41, 5.74) is 1.37. The van der Waals surface area contributed by atoms with Gasteiger partial charge in [-0.2, -0.15) is 0 Å². The predicted octanol–water partition coefficient (Wildman–Crippen LogP) is 2.67. The largest absolute Gasteiger partial charge is 0.393 e. The van der Waals surface area contributed by atoms with Gasteiger partial charge in [0.15, 0.2) is 0 Å². The summed E-state index contributed by atoms with van der Waals surface area (Å²) in [7, 11) is 0. The zero-order valence-corrected chi connectivity index (χ0v) is 10.7. The summed E-state index contributed by atoms with van der Waals surface area (Å²) >= 11 is 0. The smallest absolute Gasteiger partial charge is 0.0578 e. The van der Waals surface area contributed by atoms with Gasteiger partial charge in [0.1, 0.15) is 0 Å². The van der Waals surface area contributed by atoms with Crippen LogP contribution in [-0.2, 0) is 6.54 Å². The van der Waals surface area contributed by atoms with E-state index >= 15 is 0 Å². The van der Waals surface area contributed by atoms with Crippen molar-refractivity contribution in [1.29, 1.82) is 0 Å². The van der Waals surface area contributed by atoms with Gasteiger partial charge in [-0.15, -0.1) is 0 Å². The molecule has 0 aliphatic carbocycles. The molecule has 0 spiro atoms. The van der Waals surface area contributed by atoms with E-state index in [0.29, 0.717) is 5.92 Å². The molecular weight excluding hydrogens is 210 g/mol. The molecule has 2 unspecified atom stereocenters. The van der Waals surface area contributed by atoms with Gasteiger partial charge in [-0.05, 0) is 37.3 Å².